The van der Waals surface area contributed by atoms with Gasteiger partial charge >= 0.3 is 0 Å². The molecule has 1 unspecified atom stereocenters. The zero-order chi connectivity index (χ0) is 16.5. The van der Waals surface area contributed by atoms with E-state index in [1.54, 1.807) is 12.4 Å². The molecule has 1 aliphatic rings. The van der Waals surface area contributed by atoms with E-state index in [0.29, 0.717) is 17.5 Å². The molecule has 0 spiro atoms. The van der Waals surface area contributed by atoms with Gasteiger partial charge in [-0.2, -0.15) is 4.68 Å². The fraction of sp³-hybridized carbons (Fsp3) is 0.400. The summed E-state index contributed by atoms with van der Waals surface area (Å²) >= 11 is 0. The van der Waals surface area contributed by atoms with Crippen molar-refractivity contribution in [2.75, 3.05) is 11.4 Å². The van der Waals surface area contributed by atoms with Gasteiger partial charge in [-0.3, -0.25) is 9.89 Å². The van der Waals surface area contributed by atoms with Crippen LogP contribution in [0.5, 0.6) is 0 Å². The third-order valence-corrected chi connectivity index (χ3v) is 4.39. The number of H-pyrrole nitrogens is 1. The first-order valence-corrected chi connectivity index (χ1v) is 8.00. The van der Waals surface area contributed by atoms with Crippen LogP contribution in [0, 0.1) is 0 Å². The molecule has 0 amide bonds. The summed E-state index contributed by atoms with van der Waals surface area (Å²) in [5, 5.41) is 10.5. The predicted octanol–water partition coefficient (Wildman–Crippen LogP) is 0.915. The van der Waals surface area contributed by atoms with E-state index in [1.165, 1.54) is 28.3 Å². The Morgan fingerprint density at radius 2 is 2.12 bits per heavy atom. The maximum atomic E-state index is 12.6. The van der Waals surface area contributed by atoms with Crippen molar-refractivity contribution < 1.29 is 0 Å². The molecule has 4 rings (SSSR count). The molecule has 0 aromatic carbocycles. The van der Waals surface area contributed by atoms with Crippen LogP contribution in [-0.2, 0) is 0 Å². The van der Waals surface area contributed by atoms with Crippen molar-refractivity contribution >= 4 is 5.82 Å². The van der Waals surface area contributed by atoms with Gasteiger partial charge in [0.1, 0.15) is 12.1 Å². The lowest BCUT2D eigenvalue weighted by Crippen LogP contribution is -2.38. The summed E-state index contributed by atoms with van der Waals surface area (Å²) in [4.78, 5) is 23.5. The molecule has 4 heterocycles. The standard InChI is InChI=1S/C15H18N8O/c1-11-4-2-3-6-21(11)13-8-14(17-10-16-13)23-15(24)12(9-19-23)22-7-5-18-20-22/h5,7-11,19H,2-4,6H2,1H3. The molecule has 0 radical (unpaired) electrons. The molecular weight excluding hydrogens is 308 g/mol. The van der Waals surface area contributed by atoms with Crippen molar-refractivity contribution in [1.29, 1.82) is 0 Å². The highest BCUT2D eigenvalue weighted by molar-refractivity contribution is 5.45. The van der Waals surface area contributed by atoms with Crippen molar-refractivity contribution in [2.45, 2.75) is 32.2 Å². The van der Waals surface area contributed by atoms with Gasteiger partial charge in [0.25, 0.3) is 5.56 Å². The van der Waals surface area contributed by atoms with E-state index in [0.717, 1.165) is 25.2 Å². The van der Waals surface area contributed by atoms with Crippen LogP contribution in [0.25, 0.3) is 11.5 Å². The monoisotopic (exact) mass is 326 g/mol. The lowest BCUT2D eigenvalue weighted by Gasteiger charge is -2.34. The number of hydrogen-bond donors (Lipinski definition) is 1. The average molecular weight is 326 g/mol. The molecule has 9 heteroatoms. The number of rotatable bonds is 3. The second-order valence-electron chi connectivity index (χ2n) is 5.92. The summed E-state index contributed by atoms with van der Waals surface area (Å²) in [5.74, 6) is 1.35. The first kappa shape index (κ1) is 14.6. The first-order chi connectivity index (χ1) is 11.7. The van der Waals surface area contributed by atoms with Gasteiger partial charge in [-0.05, 0) is 26.2 Å². The fourth-order valence-electron chi connectivity index (χ4n) is 3.09. The third-order valence-electron chi connectivity index (χ3n) is 4.39. The summed E-state index contributed by atoms with van der Waals surface area (Å²) in [6, 6.07) is 2.28. The van der Waals surface area contributed by atoms with E-state index >= 15 is 0 Å². The second kappa shape index (κ2) is 5.91. The number of nitrogens with zero attached hydrogens (tertiary/aromatic N) is 7. The van der Waals surface area contributed by atoms with Gasteiger partial charge in [-0.15, -0.1) is 5.10 Å². The zero-order valence-electron chi connectivity index (χ0n) is 13.3. The highest BCUT2D eigenvalue weighted by atomic mass is 16.1. The Kier molecular flexibility index (Phi) is 3.60. The number of piperidine rings is 1. The summed E-state index contributed by atoms with van der Waals surface area (Å²) in [6.45, 7) is 3.17. The van der Waals surface area contributed by atoms with Crippen molar-refractivity contribution in [1.82, 2.24) is 34.7 Å². The first-order valence-electron chi connectivity index (χ1n) is 8.00. The lowest BCUT2D eigenvalue weighted by atomic mass is 10.0. The van der Waals surface area contributed by atoms with Crippen LogP contribution in [0.4, 0.5) is 5.82 Å². The van der Waals surface area contributed by atoms with E-state index in [2.05, 4.69) is 37.2 Å². The molecule has 3 aromatic heterocycles. The van der Waals surface area contributed by atoms with E-state index < -0.39 is 0 Å². The van der Waals surface area contributed by atoms with E-state index in [1.807, 2.05) is 6.07 Å². The smallest absolute Gasteiger partial charge is 0.298 e. The molecule has 1 saturated heterocycles. The summed E-state index contributed by atoms with van der Waals surface area (Å²) < 4.78 is 2.81. The average Bonchev–Trinajstić information content (AvgIpc) is 3.25. The number of nitrogens with one attached hydrogen (secondary N) is 1. The summed E-state index contributed by atoms with van der Waals surface area (Å²) in [7, 11) is 0. The molecule has 1 atom stereocenters. The topological polar surface area (TPSA) is 97.5 Å². The molecule has 1 aliphatic heterocycles. The molecule has 9 nitrogen and oxygen atoms in total. The second-order valence-corrected chi connectivity index (χ2v) is 5.92. The van der Waals surface area contributed by atoms with Gasteiger partial charge in [0.2, 0.25) is 0 Å². The summed E-state index contributed by atoms with van der Waals surface area (Å²) in [6.07, 6.45) is 9.78. The molecule has 3 aromatic rings. The Bertz CT molecular complexity index is 881. The van der Waals surface area contributed by atoms with Crippen LogP contribution in [-0.4, -0.2) is 47.3 Å². The maximum absolute atomic E-state index is 12.6. The molecule has 1 N–H and O–H groups in total. The lowest BCUT2D eigenvalue weighted by molar-refractivity contribution is 0.481. The summed E-state index contributed by atoms with van der Waals surface area (Å²) in [5.41, 5.74) is 0.149. The fourth-order valence-corrected chi connectivity index (χ4v) is 3.09. The molecule has 0 aliphatic carbocycles. The Morgan fingerprint density at radius 1 is 1.25 bits per heavy atom. The van der Waals surface area contributed by atoms with Crippen LogP contribution in [0.15, 0.2) is 35.8 Å². The van der Waals surface area contributed by atoms with Crippen LogP contribution in [0.1, 0.15) is 26.2 Å². The van der Waals surface area contributed by atoms with Gasteiger partial charge in [0.05, 0.1) is 18.6 Å². The Morgan fingerprint density at radius 3 is 2.92 bits per heavy atom. The van der Waals surface area contributed by atoms with Gasteiger partial charge < -0.3 is 4.90 Å². The van der Waals surface area contributed by atoms with E-state index in [4.69, 9.17) is 0 Å². The Hall–Kier alpha value is -2.97. The van der Waals surface area contributed by atoms with E-state index in [-0.39, 0.29) is 5.56 Å². The quantitative estimate of drug-likeness (QED) is 0.768. The van der Waals surface area contributed by atoms with Crippen molar-refractivity contribution in [3.05, 3.63) is 41.3 Å². The number of anilines is 1. The maximum Gasteiger partial charge on any atom is 0.298 e. The molecule has 1 fully saturated rings. The van der Waals surface area contributed by atoms with Crippen molar-refractivity contribution in [2.24, 2.45) is 0 Å². The molecule has 124 valence electrons. The molecule has 24 heavy (non-hydrogen) atoms. The number of hydrogen-bond acceptors (Lipinski definition) is 6. The minimum absolute atomic E-state index is 0.239. The van der Waals surface area contributed by atoms with Crippen molar-refractivity contribution in [3.8, 4) is 11.5 Å². The van der Waals surface area contributed by atoms with Gasteiger partial charge in [-0.25, -0.2) is 14.6 Å². The molecular formula is C15H18N8O. The van der Waals surface area contributed by atoms with Crippen LogP contribution >= 0.6 is 0 Å². The van der Waals surface area contributed by atoms with Crippen LogP contribution < -0.4 is 10.5 Å². The highest BCUT2D eigenvalue weighted by Crippen LogP contribution is 2.23. The zero-order valence-corrected chi connectivity index (χ0v) is 13.3. The predicted molar refractivity (Wildman–Crippen MR) is 87.6 cm³/mol. The molecule has 0 saturated carbocycles. The third kappa shape index (κ3) is 2.47. The SMILES string of the molecule is CC1CCCCN1c1cc(-n2[nH]cc(-n3ccnn3)c2=O)ncn1. The largest absolute Gasteiger partial charge is 0.354 e. The van der Waals surface area contributed by atoms with Crippen molar-refractivity contribution in [3.63, 3.8) is 0 Å². The number of aromatic nitrogens is 7. The number of aromatic amines is 1. The minimum atomic E-state index is -0.239. The van der Waals surface area contributed by atoms with Gasteiger partial charge in [-0.1, -0.05) is 5.21 Å². The highest BCUT2D eigenvalue weighted by Gasteiger charge is 2.20. The minimum Gasteiger partial charge on any atom is -0.354 e. The van der Waals surface area contributed by atoms with Crippen LogP contribution in [0.2, 0.25) is 0 Å². The normalized spacial score (nSPS) is 18.0. The Labute approximate surface area is 137 Å². The molecule has 0 bridgehead atoms. The Balaban J connectivity index is 1.71. The van der Waals surface area contributed by atoms with Crippen LogP contribution in [0.3, 0.4) is 0 Å². The van der Waals surface area contributed by atoms with E-state index in [9.17, 15) is 4.79 Å². The van der Waals surface area contributed by atoms with Gasteiger partial charge in [0.15, 0.2) is 11.5 Å². The van der Waals surface area contributed by atoms with Gasteiger partial charge in [0, 0.05) is 18.7 Å².